The number of carbonyl (C=O) groups excluding carboxylic acids is 2. The van der Waals surface area contributed by atoms with Crippen LogP contribution in [0, 0.1) is 32.1 Å². The second kappa shape index (κ2) is 29.3. The van der Waals surface area contributed by atoms with Crippen LogP contribution in [-0.4, -0.2) is 127 Å². The van der Waals surface area contributed by atoms with Crippen molar-refractivity contribution in [3.05, 3.63) is 94.0 Å². The molecule has 0 aliphatic rings. The third-order valence-corrected chi connectivity index (χ3v) is 19.5. The molecule has 7 rings (SSSR count). The van der Waals surface area contributed by atoms with Crippen LogP contribution in [0.2, 0.25) is 5.02 Å². The smallest absolute Gasteiger partial charge is 0.296 e. The highest BCUT2D eigenvalue weighted by Crippen LogP contribution is 2.46. The van der Waals surface area contributed by atoms with Gasteiger partial charge >= 0.3 is 0 Å². The summed E-state index contributed by atoms with van der Waals surface area (Å²) < 4.78 is 174. The number of nitrogens with one attached hydrogen (secondary N) is 2. The number of aromatic hydroxyl groups is 1. The monoisotopic (exact) mass is 1420 g/mol. The molecule has 0 saturated carbocycles. The summed E-state index contributed by atoms with van der Waals surface area (Å²) in [6.45, 7) is 6.36. The van der Waals surface area contributed by atoms with Crippen molar-refractivity contribution in [2.45, 2.75) is 73.5 Å². The van der Waals surface area contributed by atoms with E-state index in [1.54, 1.807) is 6.92 Å². The van der Waals surface area contributed by atoms with Crippen LogP contribution in [0.4, 0.5) is 56.9 Å². The molecule has 0 radical (unpaired) electrons. The Morgan fingerprint density at radius 2 is 1.11 bits per heavy atom. The second-order valence-electron chi connectivity index (χ2n) is 19.6. The standard InChI is InChI=1S/C52H52ClN13O19S7/c1-27-19-41(62-65-49-28(2)33(26-54)51-57-35-11-12-47(91(79,80)81)29(3)50(35)66(51)52(49)69)44(85-13-6-16-88(70,71)72)23-36(27)59-63-42-22-38(56-31(5)68)40(25-46(42)87-15-8-18-90(76,77)78)61-64-43-21-37(55-30(4)67)39(24-45(43)86-14-7-17-89(73,74)75)60-58-32-9-10-34(53)48(20-32)92(82,83)84/h9-12,19-25,69H,6-8,13-18H2,1-5H3,(H,55,67)(H,56,68)(H,70,71,72)(H,73,74,75)(H,76,77,78)(H,79,80,81)(H,82,83,84). The molecule has 0 aliphatic heterocycles. The number of anilines is 2. The van der Waals surface area contributed by atoms with Gasteiger partial charge in [-0.15, -0.1) is 54.2 Å². The first-order chi connectivity index (χ1) is 42.9. The second-order valence-corrected chi connectivity index (χ2v) is 29.8. The van der Waals surface area contributed by atoms with E-state index >= 15 is 0 Å². The number of benzene rings is 5. The molecule has 488 valence electrons. The van der Waals surface area contributed by atoms with E-state index in [1.807, 2.05) is 6.07 Å². The van der Waals surface area contributed by atoms with Crippen LogP contribution in [-0.2, 0) is 60.2 Å². The number of rotatable bonds is 27. The molecule has 0 fully saturated rings. The summed E-state index contributed by atoms with van der Waals surface area (Å²) in [5.74, 6) is -3.93. The zero-order valence-corrected chi connectivity index (χ0v) is 54.8. The fourth-order valence-corrected chi connectivity index (χ4v) is 13.9. The number of imidazole rings is 1. The highest BCUT2D eigenvalue weighted by molar-refractivity contribution is 7.99. The van der Waals surface area contributed by atoms with E-state index in [-0.39, 0.29) is 148 Å². The van der Waals surface area contributed by atoms with Gasteiger partial charge in [0.25, 0.3) is 50.6 Å². The number of carbonyl (C=O) groups is 2. The summed E-state index contributed by atoms with van der Waals surface area (Å²) in [7, 11) is -22.8. The number of azo groups is 4. The maximum absolute atomic E-state index is 12.8. The molecule has 0 aliphatic carbocycles. The number of hydrogen-bond acceptors (Lipinski definition) is 26. The predicted octanol–water partition coefficient (Wildman–Crippen LogP) is 12.1. The number of fused-ring (bicyclic) bond motifs is 3. The molecule has 8 N–H and O–H groups in total. The third kappa shape index (κ3) is 19.1. The first kappa shape index (κ1) is 71.5. The lowest BCUT2D eigenvalue weighted by Gasteiger charge is -2.13. The van der Waals surface area contributed by atoms with Crippen molar-refractivity contribution in [3.63, 3.8) is 0 Å². The average Bonchev–Trinajstić information content (AvgIpc) is 1.55. The van der Waals surface area contributed by atoms with E-state index in [1.165, 1.54) is 76.2 Å². The average molecular weight is 1420 g/mol. The highest BCUT2D eigenvalue weighted by Gasteiger charge is 2.26. The molecule has 2 aromatic heterocycles. The number of aromatic nitrogens is 2. The molecular weight excluding hydrogens is 1370 g/mol. The van der Waals surface area contributed by atoms with Crippen LogP contribution in [0.3, 0.4) is 0 Å². The Hall–Kier alpha value is -7.98. The topological polar surface area (TPSA) is 499 Å². The van der Waals surface area contributed by atoms with Gasteiger partial charge in [0.2, 0.25) is 17.7 Å². The SMILES string of the molecule is CC(=O)Nc1cc(N=Nc2cc(SCCCS(=O)(=O)O)c(N=Nc3cc(OCCCS(=O)(=O)O)c(N=Nc4c(C)c(C#N)c5nc6ccc(S(=O)(=O)O)c(C)c6n5c4O)cc3C)cc2NC(C)=O)c(SCCCS(=O)(=O)O)cc1N=Nc1ccc(Cl)c(S(=O)(=O)O)c1. The number of halogens is 1. The molecule has 0 spiro atoms. The lowest BCUT2D eigenvalue weighted by Crippen LogP contribution is -2.08. The molecule has 0 bridgehead atoms. The molecule has 0 unspecified atom stereocenters. The van der Waals surface area contributed by atoms with E-state index in [4.69, 9.17) is 16.3 Å². The molecule has 5 aromatic carbocycles. The van der Waals surface area contributed by atoms with Crippen molar-refractivity contribution in [2.24, 2.45) is 40.9 Å². The van der Waals surface area contributed by atoms with Gasteiger partial charge in [0.15, 0.2) is 11.3 Å². The van der Waals surface area contributed by atoms with Crippen molar-refractivity contribution in [1.82, 2.24) is 9.38 Å². The van der Waals surface area contributed by atoms with Gasteiger partial charge in [0.1, 0.15) is 50.7 Å². The molecule has 40 heteroatoms. The van der Waals surface area contributed by atoms with Crippen LogP contribution < -0.4 is 15.4 Å². The summed E-state index contributed by atoms with van der Waals surface area (Å²) in [6.07, 6.45) is -0.419. The molecule has 92 heavy (non-hydrogen) atoms. The molecule has 7 aromatic rings. The number of thioether (sulfide) groups is 2. The Labute approximate surface area is 538 Å². The van der Waals surface area contributed by atoms with Gasteiger partial charge in [-0.05, 0) is 123 Å². The lowest BCUT2D eigenvalue weighted by molar-refractivity contribution is -0.115. The van der Waals surface area contributed by atoms with Gasteiger partial charge in [-0.25, -0.2) is 4.98 Å². The van der Waals surface area contributed by atoms with Crippen LogP contribution >= 0.6 is 35.1 Å². The number of aryl methyl sites for hydroxylation is 2. The van der Waals surface area contributed by atoms with Crippen LogP contribution in [0.25, 0.3) is 16.7 Å². The van der Waals surface area contributed by atoms with Gasteiger partial charge in [0.05, 0.1) is 67.6 Å². The Morgan fingerprint density at radius 3 is 1.62 bits per heavy atom. The van der Waals surface area contributed by atoms with E-state index in [2.05, 4.69) is 56.5 Å². The highest BCUT2D eigenvalue weighted by atomic mass is 35.5. The number of nitrogens with zero attached hydrogens (tertiary/aromatic N) is 11. The normalized spacial score (nSPS) is 12.7. The van der Waals surface area contributed by atoms with Crippen molar-refractivity contribution < 1.29 is 84.3 Å². The van der Waals surface area contributed by atoms with Crippen LogP contribution in [0.1, 0.15) is 55.4 Å². The van der Waals surface area contributed by atoms with Gasteiger partial charge in [-0.2, -0.15) is 57.6 Å². The Morgan fingerprint density at radius 1 is 0.609 bits per heavy atom. The number of nitriles is 1. The zero-order valence-electron chi connectivity index (χ0n) is 48.4. The maximum Gasteiger partial charge on any atom is 0.296 e. The van der Waals surface area contributed by atoms with Crippen molar-refractivity contribution in [1.29, 1.82) is 5.26 Å². The van der Waals surface area contributed by atoms with Gasteiger partial charge in [-0.3, -0.25) is 36.8 Å². The number of ether oxygens (including phenoxy) is 1. The van der Waals surface area contributed by atoms with Crippen LogP contribution in [0.5, 0.6) is 11.6 Å². The minimum atomic E-state index is -4.80. The molecular formula is C52H52ClN13O19S7. The fourth-order valence-electron chi connectivity index (χ4n) is 8.44. The third-order valence-electron chi connectivity index (χ3n) is 12.5. The minimum absolute atomic E-state index is 0.00207. The van der Waals surface area contributed by atoms with Crippen molar-refractivity contribution in [2.75, 3.05) is 46.0 Å². The summed E-state index contributed by atoms with van der Waals surface area (Å²) >= 11 is 7.99. The largest absolute Gasteiger partial charge is 0.493 e. The molecule has 2 amide bonds. The van der Waals surface area contributed by atoms with E-state index in [0.29, 0.717) is 5.56 Å². The molecule has 0 atom stereocenters. The predicted molar refractivity (Wildman–Crippen MR) is 339 cm³/mol. The first-order valence-electron chi connectivity index (χ1n) is 26.2. The Bertz CT molecular complexity index is 4910. The van der Waals surface area contributed by atoms with Crippen LogP contribution in [0.15, 0.2) is 127 Å². The summed E-state index contributed by atoms with van der Waals surface area (Å²) in [4.78, 5) is 29.1. The van der Waals surface area contributed by atoms with E-state index in [0.717, 1.165) is 46.1 Å². The van der Waals surface area contributed by atoms with Crippen molar-refractivity contribution >= 4 is 171 Å². The minimum Gasteiger partial charge on any atom is -0.493 e. The lowest BCUT2D eigenvalue weighted by atomic mass is 10.1. The summed E-state index contributed by atoms with van der Waals surface area (Å²) in [5, 5.41) is 61.7. The maximum atomic E-state index is 12.8. The first-order valence-corrected chi connectivity index (χ1v) is 36.3. The summed E-state index contributed by atoms with van der Waals surface area (Å²) in [5.41, 5.74) is -0.200. The van der Waals surface area contributed by atoms with E-state index in [9.17, 15) is 84.8 Å². The Balaban J connectivity index is 1.35. The van der Waals surface area contributed by atoms with Crippen molar-refractivity contribution in [3.8, 4) is 17.7 Å². The van der Waals surface area contributed by atoms with Gasteiger partial charge in [0, 0.05) is 35.3 Å². The Kier molecular flexibility index (Phi) is 22.8. The number of pyridine rings is 1. The zero-order chi connectivity index (χ0) is 67.8. The molecule has 2 heterocycles. The molecule has 0 saturated heterocycles. The quantitative estimate of drug-likeness (QED) is 0.0103. The number of amides is 2. The van der Waals surface area contributed by atoms with Gasteiger partial charge < -0.3 is 20.5 Å². The van der Waals surface area contributed by atoms with Gasteiger partial charge in [-0.1, -0.05) is 11.6 Å². The fraction of sp³-hybridized carbons (Fsp3) is 0.269. The molecule has 32 nitrogen and oxygen atoms in total. The summed E-state index contributed by atoms with van der Waals surface area (Å²) in [6, 6.07) is 15.9. The van der Waals surface area contributed by atoms with E-state index < -0.39 is 95.3 Å². The number of hydrogen-bond donors (Lipinski definition) is 8.